The molecule has 0 bridgehead atoms. The Balaban J connectivity index is 2.07. The summed E-state index contributed by atoms with van der Waals surface area (Å²) in [5, 5.41) is 3.87. The molecule has 25 heavy (non-hydrogen) atoms. The van der Waals surface area contributed by atoms with Gasteiger partial charge in [-0.3, -0.25) is 4.79 Å². The van der Waals surface area contributed by atoms with E-state index >= 15 is 0 Å². The molecule has 134 valence electrons. The van der Waals surface area contributed by atoms with Crippen LogP contribution >= 0.6 is 23.2 Å². The van der Waals surface area contributed by atoms with E-state index in [0.29, 0.717) is 22.2 Å². The first-order valence-corrected chi connectivity index (χ1v) is 8.76. The van der Waals surface area contributed by atoms with E-state index in [1.807, 2.05) is 38.1 Å². The van der Waals surface area contributed by atoms with Crippen LogP contribution in [0.25, 0.3) is 0 Å². The first kappa shape index (κ1) is 19.4. The highest BCUT2D eigenvalue weighted by atomic mass is 35.5. The summed E-state index contributed by atoms with van der Waals surface area (Å²) in [6.45, 7) is 3.78. The quantitative estimate of drug-likeness (QED) is 0.730. The van der Waals surface area contributed by atoms with Gasteiger partial charge >= 0.3 is 0 Å². The standard InChI is InChI=1S/C19H21Cl2NO3/c1-4-17(25-18-11-14(20)8-9-16(18)21)19(23)22-12(2)13-6-5-7-15(10-13)24-3/h5-12,17H,4H2,1-3H3,(H,22,23)/t12-,17+/m0/s1. The molecule has 0 radical (unpaired) electrons. The van der Waals surface area contributed by atoms with Crippen molar-refractivity contribution in [1.29, 1.82) is 0 Å². The van der Waals surface area contributed by atoms with E-state index in [-0.39, 0.29) is 11.9 Å². The van der Waals surface area contributed by atoms with Crippen molar-refractivity contribution < 1.29 is 14.3 Å². The van der Waals surface area contributed by atoms with Crippen LogP contribution in [-0.2, 0) is 4.79 Å². The average Bonchev–Trinajstić information content (AvgIpc) is 2.62. The molecule has 2 rings (SSSR count). The molecule has 0 aromatic heterocycles. The van der Waals surface area contributed by atoms with Crippen LogP contribution < -0.4 is 14.8 Å². The van der Waals surface area contributed by atoms with Gasteiger partial charge in [-0.15, -0.1) is 0 Å². The summed E-state index contributed by atoms with van der Waals surface area (Å²) in [5.41, 5.74) is 0.948. The Hall–Kier alpha value is -1.91. The number of carbonyl (C=O) groups is 1. The number of halogens is 2. The zero-order valence-electron chi connectivity index (χ0n) is 14.4. The number of amides is 1. The molecule has 2 atom stereocenters. The van der Waals surface area contributed by atoms with Gasteiger partial charge in [-0.05, 0) is 43.2 Å². The largest absolute Gasteiger partial charge is 0.497 e. The van der Waals surface area contributed by atoms with Crippen molar-refractivity contribution in [3.05, 3.63) is 58.1 Å². The maximum atomic E-state index is 12.6. The predicted molar refractivity (Wildman–Crippen MR) is 101 cm³/mol. The van der Waals surface area contributed by atoms with Crippen molar-refractivity contribution in [2.24, 2.45) is 0 Å². The van der Waals surface area contributed by atoms with Gasteiger partial charge in [0.15, 0.2) is 6.10 Å². The number of carbonyl (C=O) groups excluding carboxylic acids is 1. The third-order valence-electron chi connectivity index (χ3n) is 3.78. The second kappa shape index (κ2) is 8.97. The predicted octanol–water partition coefficient (Wildman–Crippen LogP) is 5.04. The van der Waals surface area contributed by atoms with Gasteiger partial charge in [0, 0.05) is 11.1 Å². The fourth-order valence-electron chi connectivity index (χ4n) is 2.34. The van der Waals surface area contributed by atoms with Crippen molar-refractivity contribution in [2.45, 2.75) is 32.4 Å². The summed E-state index contributed by atoms with van der Waals surface area (Å²) >= 11 is 12.1. The van der Waals surface area contributed by atoms with Gasteiger partial charge in [-0.1, -0.05) is 42.3 Å². The SMILES string of the molecule is CC[C@@H](Oc1cc(Cl)ccc1Cl)C(=O)N[C@@H](C)c1cccc(OC)c1. The number of rotatable bonds is 7. The Labute approximate surface area is 158 Å². The number of nitrogens with one attached hydrogen (secondary N) is 1. The fourth-order valence-corrected chi connectivity index (χ4v) is 2.67. The van der Waals surface area contributed by atoms with Crippen LogP contribution in [0.3, 0.4) is 0 Å². The van der Waals surface area contributed by atoms with E-state index in [9.17, 15) is 4.79 Å². The lowest BCUT2D eigenvalue weighted by atomic mass is 10.1. The Morgan fingerprint density at radius 2 is 1.96 bits per heavy atom. The minimum Gasteiger partial charge on any atom is -0.497 e. The van der Waals surface area contributed by atoms with Crippen LogP contribution in [0.1, 0.15) is 31.9 Å². The maximum Gasteiger partial charge on any atom is 0.261 e. The van der Waals surface area contributed by atoms with Gasteiger partial charge in [0.1, 0.15) is 11.5 Å². The molecule has 1 N–H and O–H groups in total. The summed E-state index contributed by atoms with van der Waals surface area (Å²) in [7, 11) is 1.61. The highest BCUT2D eigenvalue weighted by Crippen LogP contribution is 2.29. The summed E-state index contributed by atoms with van der Waals surface area (Å²) in [4.78, 5) is 12.6. The van der Waals surface area contributed by atoms with E-state index in [4.69, 9.17) is 32.7 Å². The van der Waals surface area contributed by atoms with Crippen molar-refractivity contribution in [2.75, 3.05) is 7.11 Å². The smallest absolute Gasteiger partial charge is 0.261 e. The molecule has 1 amide bonds. The van der Waals surface area contributed by atoms with Gasteiger partial charge < -0.3 is 14.8 Å². The van der Waals surface area contributed by atoms with Gasteiger partial charge in [0.2, 0.25) is 0 Å². The van der Waals surface area contributed by atoms with Crippen molar-refractivity contribution in [3.63, 3.8) is 0 Å². The number of hydrogen-bond donors (Lipinski definition) is 1. The van der Waals surface area contributed by atoms with Crippen LogP contribution in [0.15, 0.2) is 42.5 Å². The lowest BCUT2D eigenvalue weighted by Crippen LogP contribution is -2.39. The Morgan fingerprint density at radius 3 is 2.64 bits per heavy atom. The minimum atomic E-state index is -0.663. The summed E-state index contributed by atoms with van der Waals surface area (Å²) in [6.07, 6.45) is -0.163. The van der Waals surface area contributed by atoms with Gasteiger partial charge in [-0.25, -0.2) is 0 Å². The average molecular weight is 382 g/mol. The van der Waals surface area contributed by atoms with Crippen LogP contribution in [0, 0.1) is 0 Å². The topological polar surface area (TPSA) is 47.6 Å². The third kappa shape index (κ3) is 5.28. The third-order valence-corrected chi connectivity index (χ3v) is 4.33. The second-order valence-electron chi connectivity index (χ2n) is 5.60. The fraction of sp³-hybridized carbons (Fsp3) is 0.316. The van der Waals surface area contributed by atoms with Gasteiger partial charge in [-0.2, -0.15) is 0 Å². The Kier molecular flexibility index (Phi) is 6.97. The van der Waals surface area contributed by atoms with E-state index in [1.54, 1.807) is 25.3 Å². The number of methoxy groups -OCH3 is 1. The molecule has 2 aromatic carbocycles. The van der Waals surface area contributed by atoms with Crippen LogP contribution in [-0.4, -0.2) is 19.1 Å². The number of benzene rings is 2. The normalized spacial score (nSPS) is 13.0. The van der Waals surface area contributed by atoms with Crippen LogP contribution in [0.4, 0.5) is 0 Å². The molecule has 0 aliphatic rings. The molecule has 0 fully saturated rings. The monoisotopic (exact) mass is 381 g/mol. The first-order valence-electron chi connectivity index (χ1n) is 8.00. The molecule has 0 aliphatic carbocycles. The van der Waals surface area contributed by atoms with Crippen molar-refractivity contribution in [3.8, 4) is 11.5 Å². The summed E-state index contributed by atoms with van der Waals surface area (Å²) < 4.78 is 11.0. The molecule has 0 unspecified atom stereocenters. The number of ether oxygens (including phenoxy) is 2. The highest BCUT2D eigenvalue weighted by molar-refractivity contribution is 6.34. The summed E-state index contributed by atoms with van der Waals surface area (Å²) in [6, 6.07) is 12.3. The molecular weight excluding hydrogens is 361 g/mol. The van der Waals surface area contributed by atoms with Crippen LogP contribution in [0.2, 0.25) is 10.0 Å². The molecular formula is C19H21Cl2NO3. The van der Waals surface area contributed by atoms with E-state index in [0.717, 1.165) is 11.3 Å². The zero-order chi connectivity index (χ0) is 18.4. The van der Waals surface area contributed by atoms with Crippen molar-refractivity contribution in [1.82, 2.24) is 5.32 Å². The van der Waals surface area contributed by atoms with Crippen molar-refractivity contribution >= 4 is 29.1 Å². The molecule has 2 aromatic rings. The molecule has 0 saturated carbocycles. The van der Waals surface area contributed by atoms with Gasteiger partial charge in [0.25, 0.3) is 5.91 Å². The van der Waals surface area contributed by atoms with E-state index < -0.39 is 6.10 Å². The Morgan fingerprint density at radius 1 is 1.20 bits per heavy atom. The maximum absolute atomic E-state index is 12.6. The molecule has 0 heterocycles. The lowest BCUT2D eigenvalue weighted by molar-refractivity contribution is -0.128. The van der Waals surface area contributed by atoms with Crippen LogP contribution in [0.5, 0.6) is 11.5 Å². The van der Waals surface area contributed by atoms with Gasteiger partial charge in [0.05, 0.1) is 18.2 Å². The molecule has 0 saturated heterocycles. The first-order chi connectivity index (χ1) is 11.9. The minimum absolute atomic E-state index is 0.185. The lowest BCUT2D eigenvalue weighted by Gasteiger charge is -2.21. The molecule has 0 spiro atoms. The van der Waals surface area contributed by atoms with E-state index in [1.165, 1.54) is 0 Å². The highest BCUT2D eigenvalue weighted by Gasteiger charge is 2.22. The molecule has 4 nitrogen and oxygen atoms in total. The number of hydrogen-bond acceptors (Lipinski definition) is 3. The second-order valence-corrected chi connectivity index (χ2v) is 6.44. The summed E-state index contributed by atoms with van der Waals surface area (Å²) in [5.74, 6) is 0.923. The molecule has 0 aliphatic heterocycles. The molecule has 6 heteroatoms. The van der Waals surface area contributed by atoms with E-state index in [2.05, 4.69) is 5.32 Å². The Bertz CT molecular complexity index is 736. The zero-order valence-corrected chi connectivity index (χ0v) is 15.9.